The third kappa shape index (κ3) is 4.04. The summed E-state index contributed by atoms with van der Waals surface area (Å²) in [4.78, 5) is 47.6. The first kappa shape index (κ1) is 28.8. The molecule has 1 aliphatic rings. The van der Waals surface area contributed by atoms with Crippen LogP contribution in [0.5, 0.6) is 0 Å². The van der Waals surface area contributed by atoms with Crippen LogP contribution in [0.2, 0.25) is 0 Å². The number of benzene rings is 6. The van der Waals surface area contributed by atoms with Crippen molar-refractivity contribution in [1.82, 2.24) is 14.1 Å². The number of carbonyl (C=O) groups excluding carboxylic acids is 2. The van der Waals surface area contributed by atoms with Gasteiger partial charge in [0, 0.05) is 38.5 Å². The summed E-state index contributed by atoms with van der Waals surface area (Å²) in [6, 6.07) is 48.2. The van der Waals surface area contributed by atoms with E-state index in [9.17, 15) is 4.91 Å². The van der Waals surface area contributed by atoms with E-state index in [0.717, 1.165) is 44.0 Å². The first-order chi connectivity index (χ1) is 25.1. The van der Waals surface area contributed by atoms with E-state index in [0.29, 0.717) is 33.4 Å². The Morgan fingerprint density at radius 1 is 0.510 bits per heavy atom. The van der Waals surface area contributed by atoms with Crippen LogP contribution in [0.4, 0.5) is 11.5 Å². The number of fused-ring (bicyclic) bond motifs is 10. The van der Waals surface area contributed by atoms with E-state index in [2.05, 4.69) is 38.6 Å². The summed E-state index contributed by atoms with van der Waals surface area (Å²) >= 11 is 0. The van der Waals surface area contributed by atoms with E-state index in [4.69, 9.17) is 4.98 Å². The molecule has 0 unspecified atom stereocenters. The largest absolute Gasteiger partial charge is 0.308 e. The van der Waals surface area contributed by atoms with E-state index in [1.807, 2.05) is 91.0 Å². The van der Waals surface area contributed by atoms with Crippen molar-refractivity contribution in [2.45, 2.75) is 0 Å². The van der Waals surface area contributed by atoms with Crippen LogP contribution in [0.15, 0.2) is 157 Å². The van der Waals surface area contributed by atoms with Gasteiger partial charge in [0.05, 0.1) is 38.9 Å². The lowest BCUT2D eigenvalue weighted by Gasteiger charge is -2.14. The predicted octanol–water partition coefficient (Wildman–Crippen LogP) is 10.1. The van der Waals surface area contributed by atoms with Crippen LogP contribution in [0.25, 0.3) is 66.2 Å². The van der Waals surface area contributed by atoms with Gasteiger partial charge in [-0.15, -0.1) is 4.91 Å². The third-order valence-corrected chi connectivity index (χ3v) is 9.80. The van der Waals surface area contributed by atoms with Crippen molar-refractivity contribution in [2.24, 2.45) is 5.18 Å². The molecule has 0 fully saturated rings. The Hall–Kier alpha value is -7.19. The molecule has 0 N–H and O–H groups in total. The van der Waals surface area contributed by atoms with Crippen molar-refractivity contribution in [3.63, 3.8) is 0 Å². The van der Waals surface area contributed by atoms with Gasteiger partial charge in [0.25, 0.3) is 11.8 Å². The Labute approximate surface area is 290 Å². The molecule has 3 aromatic heterocycles. The SMILES string of the molecule is O=Nc1cccc(-c2cccc(N3C(=O)c4c(c5c(c6ccccc6n5-c5ccccc5)c5c6ccccc6n(-c6ccccc6)c45)C3=O)n2)c1. The van der Waals surface area contributed by atoms with Crippen molar-refractivity contribution in [1.29, 1.82) is 0 Å². The number of para-hydroxylation sites is 4. The van der Waals surface area contributed by atoms with E-state index in [1.165, 1.54) is 4.90 Å². The standard InChI is InChI=1S/C43H25N5O3/c49-42-38-39(43(50)48(42)35-24-12-21-32(44-35)26-13-11-14-27(25-26)45-51)41-37(31-20-8-10-23-34(31)47(41)29-17-5-2-6-18-29)36-30-19-7-9-22-33(30)46(40(36)38)28-15-3-1-4-16-28/h1-25H. The van der Waals surface area contributed by atoms with Crippen LogP contribution in [0, 0.1) is 4.91 Å². The minimum absolute atomic E-state index is 0.189. The van der Waals surface area contributed by atoms with E-state index in [-0.39, 0.29) is 11.5 Å². The third-order valence-electron chi connectivity index (χ3n) is 9.80. The zero-order chi connectivity index (χ0) is 34.2. The van der Waals surface area contributed by atoms with Crippen molar-refractivity contribution in [3.05, 3.63) is 168 Å². The van der Waals surface area contributed by atoms with Gasteiger partial charge in [-0.05, 0) is 65.8 Å². The molecule has 1 aliphatic heterocycles. The minimum atomic E-state index is -0.459. The number of carbonyl (C=O) groups is 2. The molecular formula is C43H25N5O3. The normalized spacial score (nSPS) is 12.8. The second kappa shape index (κ2) is 10.9. The number of nitroso groups, excluding NO2 is 1. The summed E-state index contributed by atoms with van der Waals surface area (Å²) in [5, 5.41) is 6.82. The number of aromatic nitrogens is 3. The molecule has 0 bridgehead atoms. The average molecular weight is 660 g/mol. The molecule has 6 aromatic carbocycles. The molecule has 0 radical (unpaired) electrons. The smallest absolute Gasteiger partial charge is 0.269 e. The molecule has 51 heavy (non-hydrogen) atoms. The zero-order valence-corrected chi connectivity index (χ0v) is 26.9. The molecule has 0 spiro atoms. The second-order valence-corrected chi connectivity index (χ2v) is 12.5. The van der Waals surface area contributed by atoms with Crippen molar-refractivity contribution in [2.75, 3.05) is 4.90 Å². The summed E-state index contributed by atoms with van der Waals surface area (Å²) in [6.07, 6.45) is 0. The Morgan fingerprint density at radius 2 is 1.02 bits per heavy atom. The predicted molar refractivity (Wildman–Crippen MR) is 201 cm³/mol. The first-order valence-electron chi connectivity index (χ1n) is 16.6. The second-order valence-electron chi connectivity index (χ2n) is 12.5. The van der Waals surface area contributed by atoms with Crippen LogP contribution in [-0.4, -0.2) is 25.9 Å². The summed E-state index contributed by atoms with van der Waals surface area (Å²) < 4.78 is 4.21. The van der Waals surface area contributed by atoms with Gasteiger partial charge in [-0.2, -0.15) is 0 Å². The van der Waals surface area contributed by atoms with Gasteiger partial charge in [0.1, 0.15) is 11.5 Å². The van der Waals surface area contributed by atoms with Gasteiger partial charge < -0.3 is 9.13 Å². The Bertz CT molecular complexity index is 2770. The number of nitrogens with zero attached hydrogens (tertiary/aromatic N) is 5. The number of imide groups is 1. The first-order valence-corrected chi connectivity index (χ1v) is 16.6. The lowest BCUT2D eigenvalue weighted by atomic mass is 9.98. The highest BCUT2D eigenvalue weighted by molar-refractivity contribution is 6.45. The van der Waals surface area contributed by atoms with Gasteiger partial charge in [-0.25, -0.2) is 9.88 Å². The number of hydrogen-bond donors (Lipinski definition) is 0. The lowest BCUT2D eigenvalue weighted by molar-refractivity contribution is 0.0926. The molecule has 8 heteroatoms. The summed E-state index contributed by atoms with van der Waals surface area (Å²) in [7, 11) is 0. The van der Waals surface area contributed by atoms with Crippen LogP contribution < -0.4 is 4.90 Å². The van der Waals surface area contributed by atoms with Gasteiger partial charge in [0.15, 0.2) is 0 Å². The lowest BCUT2D eigenvalue weighted by Crippen LogP contribution is -2.30. The van der Waals surface area contributed by atoms with Gasteiger partial charge in [0.2, 0.25) is 0 Å². The maximum Gasteiger partial charge on any atom is 0.269 e. The van der Waals surface area contributed by atoms with Gasteiger partial charge in [-0.1, -0.05) is 91.0 Å². The molecule has 0 saturated heterocycles. The van der Waals surface area contributed by atoms with E-state index >= 15 is 9.59 Å². The Kier molecular flexibility index (Phi) is 6.16. The fourth-order valence-electron chi connectivity index (χ4n) is 7.76. The minimum Gasteiger partial charge on any atom is -0.308 e. The number of anilines is 1. The van der Waals surface area contributed by atoms with Gasteiger partial charge in [-0.3, -0.25) is 9.59 Å². The summed E-state index contributed by atoms with van der Waals surface area (Å²) in [5.41, 5.74) is 6.98. The summed E-state index contributed by atoms with van der Waals surface area (Å²) in [5.74, 6) is -0.728. The monoisotopic (exact) mass is 659 g/mol. The highest BCUT2D eigenvalue weighted by Crippen LogP contribution is 2.48. The van der Waals surface area contributed by atoms with E-state index in [1.54, 1.807) is 36.4 Å². The van der Waals surface area contributed by atoms with Crippen molar-refractivity contribution in [3.8, 4) is 22.6 Å². The van der Waals surface area contributed by atoms with Crippen molar-refractivity contribution >= 4 is 66.9 Å². The molecular weight excluding hydrogens is 635 g/mol. The molecule has 2 amide bonds. The molecule has 10 rings (SSSR count). The number of hydrogen-bond acceptors (Lipinski definition) is 5. The molecule has 0 saturated carbocycles. The average Bonchev–Trinajstić information content (AvgIpc) is 3.80. The molecule has 8 nitrogen and oxygen atoms in total. The molecule has 0 atom stereocenters. The highest BCUT2D eigenvalue weighted by Gasteiger charge is 2.44. The number of pyridine rings is 1. The quantitative estimate of drug-likeness (QED) is 0.136. The topological polar surface area (TPSA) is 89.6 Å². The molecule has 240 valence electrons. The van der Waals surface area contributed by atoms with Crippen LogP contribution in [-0.2, 0) is 0 Å². The molecule has 0 aliphatic carbocycles. The maximum atomic E-state index is 15.1. The highest BCUT2D eigenvalue weighted by atomic mass is 16.3. The van der Waals surface area contributed by atoms with Crippen LogP contribution in [0.1, 0.15) is 20.7 Å². The Balaban J connectivity index is 1.37. The van der Waals surface area contributed by atoms with Gasteiger partial charge >= 0.3 is 0 Å². The Morgan fingerprint density at radius 3 is 1.57 bits per heavy atom. The summed E-state index contributed by atoms with van der Waals surface area (Å²) in [6.45, 7) is 0. The molecule has 4 heterocycles. The zero-order valence-electron chi connectivity index (χ0n) is 26.9. The van der Waals surface area contributed by atoms with E-state index < -0.39 is 11.8 Å². The fourth-order valence-corrected chi connectivity index (χ4v) is 7.76. The maximum absolute atomic E-state index is 15.1. The molecule has 9 aromatic rings. The number of rotatable bonds is 5. The number of amides is 2. The van der Waals surface area contributed by atoms with Crippen LogP contribution >= 0.6 is 0 Å². The van der Waals surface area contributed by atoms with Crippen LogP contribution in [0.3, 0.4) is 0 Å². The fraction of sp³-hybridized carbons (Fsp3) is 0. The van der Waals surface area contributed by atoms with Crippen molar-refractivity contribution < 1.29 is 9.59 Å².